The SMILES string of the molecule is CCC1(CN(C)CCc2ccccn2)CCCN1. The molecule has 0 radical (unpaired) electrons. The van der Waals surface area contributed by atoms with Crippen LogP contribution in [0.15, 0.2) is 24.4 Å². The van der Waals surface area contributed by atoms with E-state index >= 15 is 0 Å². The van der Waals surface area contributed by atoms with Gasteiger partial charge in [-0.25, -0.2) is 0 Å². The summed E-state index contributed by atoms with van der Waals surface area (Å²) in [7, 11) is 2.22. The van der Waals surface area contributed by atoms with Crippen LogP contribution in [0.5, 0.6) is 0 Å². The van der Waals surface area contributed by atoms with Gasteiger partial charge in [-0.2, -0.15) is 0 Å². The molecule has 18 heavy (non-hydrogen) atoms. The molecule has 2 rings (SSSR count). The summed E-state index contributed by atoms with van der Waals surface area (Å²) in [5, 5.41) is 3.69. The first-order valence-electron chi connectivity index (χ1n) is 7.08. The molecule has 1 unspecified atom stereocenters. The Labute approximate surface area is 111 Å². The molecular weight excluding hydrogens is 222 g/mol. The van der Waals surface area contributed by atoms with Crippen molar-refractivity contribution in [2.45, 2.75) is 38.1 Å². The molecule has 0 bridgehead atoms. The number of hydrogen-bond acceptors (Lipinski definition) is 3. The fourth-order valence-corrected chi connectivity index (χ4v) is 2.86. The second-order valence-corrected chi connectivity index (χ2v) is 5.47. The monoisotopic (exact) mass is 247 g/mol. The number of pyridine rings is 1. The molecule has 0 amide bonds. The van der Waals surface area contributed by atoms with Crippen LogP contribution in [0.4, 0.5) is 0 Å². The second kappa shape index (κ2) is 6.30. The largest absolute Gasteiger partial charge is 0.310 e. The molecule has 1 aromatic rings. The molecule has 3 nitrogen and oxygen atoms in total. The molecule has 1 saturated heterocycles. The van der Waals surface area contributed by atoms with Gasteiger partial charge in [0.2, 0.25) is 0 Å². The van der Waals surface area contributed by atoms with Gasteiger partial charge in [-0.1, -0.05) is 13.0 Å². The average molecular weight is 247 g/mol. The van der Waals surface area contributed by atoms with Gasteiger partial charge in [-0.05, 0) is 45.0 Å². The van der Waals surface area contributed by atoms with Crippen molar-refractivity contribution in [3.63, 3.8) is 0 Å². The van der Waals surface area contributed by atoms with Crippen LogP contribution in [-0.2, 0) is 6.42 Å². The maximum atomic E-state index is 4.38. The Morgan fingerprint density at radius 1 is 1.44 bits per heavy atom. The topological polar surface area (TPSA) is 28.2 Å². The van der Waals surface area contributed by atoms with Crippen molar-refractivity contribution >= 4 is 0 Å². The van der Waals surface area contributed by atoms with Gasteiger partial charge in [0.1, 0.15) is 0 Å². The highest BCUT2D eigenvalue weighted by Crippen LogP contribution is 2.23. The molecule has 0 saturated carbocycles. The van der Waals surface area contributed by atoms with E-state index in [1.807, 2.05) is 12.3 Å². The first kappa shape index (κ1) is 13.5. The Hall–Kier alpha value is -0.930. The van der Waals surface area contributed by atoms with Gasteiger partial charge in [0, 0.05) is 36.9 Å². The highest BCUT2D eigenvalue weighted by molar-refractivity contribution is 5.04. The lowest BCUT2D eigenvalue weighted by Crippen LogP contribution is -2.48. The zero-order valence-electron chi connectivity index (χ0n) is 11.7. The first-order valence-corrected chi connectivity index (χ1v) is 7.08. The van der Waals surface area contributed by atoms with E-state index < -0.39 is 0 Å². The van der Waals surface area contributed by atoms with Crippen LogP contribution in [0, 0.1) is 0 Å². The Balaban J connectivity index is 1.79. The third kappa shape index (κ3) is 3.53. The van der Waals surface area contributed by atoms with E-state index in [1.165, 1.54) is 31.5 Å². The molecule has 0 aromatic carbocycles. The minimum atomic E-state index is 0.360. The predicted molar refractivity (Wildman–Crippen MR) is 75.7 cm³/mol. The van der Waals surface area contributed by atoms with Crippen LogP contribution in [0.3, 0.4) is 0 Å². The molecule has 1 aliphatic rings. The van der Waals surface area contributed by atoms with Crippen LogP contribution in [0.1, 0.15) is 31.9 Å². The molecule has 2 heterocycles. The molecule has 1 atom stereocenters. The lowest BCUT2D eigenvalue weighted by atomic mass is 9.93. The minimum Gasteiger partial charge on any atom is -0.310 e. The summed E-state index contributed by atoms with van der Waals surface area (Å²) < 4.78 is 0. The van der Waals surface area contributed by atoms with Gasteiger partial charge in [-0.3, -0.25) is 4.98 Å². The van der Waals surface area contributed by atoms with Crippen LogP contribution in [0.2, 0.25) is 0 Å². The van der Waals surface area contributed by atoms with Crippen molar-refractivity contribution in [3.8, 4) is 0 Å². The van der Waals surface area contributed by atoms with Crippen molar-refractivity contribution in [2.75, 3.05) is 26.7 Å². The fourth-order valence-electron chi connectivity index (χ4n) is 2.86. The summed E-state index contributed by atoms with van der Waals surface area (Å²) in [5.41, 5.74) is 1.55. The van der Waals surface area contributed by atoms with Crippen LogP contribution in [0.25, 0.3) is 0 Å². The van der Waals surface area contributed by atoms with E-state index in [4.69, 9.17) is 0 Å². The van der Waals surface area contributed by atoms with Crippen LogP contribution in [-0.4, -0.2) is 42.1 Å². The third-order valence-electron chi connectivity index (χ3n) is 4.06. The molecule has 1 fully saturated rings. The Morgan fingerprint density at radius 3 is 2.94 bits per heavy atom. The Bertz CT molecular complexity index is 344. The fraction of sp³-hybridized carbons (Fsp3) is 0.667. The van der Waals surface area contributed by atoms with E-state index in [9.17, 15) is 0 Å². The molecule has 100 valence electrons. The highest BCUT2D eigenvalue weighted by Gasteiger charge is 2.32. The smallest absolute Gasteiger partial charge is 0.0416 e. The highest BCUT2D eigenvalue weighted by atomic mass is 15.2. The van der Waals surface area contributed by atoms with Gasteiger partial charge in [-0.15, -0.1) is 0 Å². The first-order chi connectivity index (χ1) is 8.74. The average Bonchev–Trinajstić information content (AvgIpc) is 2.87. The maximum absolute atomic E-state index is 4.38. The van der Waals surface area contributed by atoms with Gasteiger partial charge in [0.15, 0.2) is 0 Å². The molecule has 1 aliphatic heterocycles. The van der Waals surface area contributed by atoms with Gasteiger partial charge in [0.25, 0.3) is 0 Å². The minimum absolute atomic E-state index is 0.360. The van der Waals surface area contributed by atoms with E-state index in [1.54, 1.807) is 0 Å². The van der Waals surface area contributed by atoms with Crippen molar-refractivity contribution in [2.24, 2.45) is 0 Å². The molecule has 0 aliphatic carbocycles. The summed E-state index contributed by atoms with van der Waals surface area (Å²) in [6.45, 7) is 5.71. The maximum Gasteiger partial charge on any atom is 0.0416 e. The molecule has 1 N–H and O–H groups in total. The van der Waals surface area contributed by atoms with E-state index in [0.717, 1.165) is 19.5 Å². The lowest BCUT2D eigenvalue weighted by molar-refractivity contribution is 0.221. The van der Waals surface area contributed by atoms with Gasteiger partial charge in [0.05, 0.1) is 0 Å². The quantitative estimate of drug-likeness (QED) is 0.834. The second-order valence-electron chi connectivity index (χ2n) is 5.47. The number of likely N-dealkylation sites (N-methyl/N-ethyl adjacent to an activating group) is 1. The van der Waals surface area contributed by atoms with Crippen molar-refractivity contribution in [1.29, 1.82) is 0 Å². The molecular formula is C15H25N3. The number of nitrogens with one attached hydrogen (secondary N) is 1. The molecule has 3 heteroatoms. The van der Waals surface area contributed by atoms with E-state index in [2.05, 4.69) is 41.3 Å². The number of hydrogen-bond donors (Lipinski definition) is 1. The summed E-state index contributed by atoms with van der Waals surface area (Å²) in [6.07, 6.45) is 6.78. The number of nitrogens with zero attached hydrogens (tertiary/aromatic N) is 2. The molecule has 1 aromatic heterocycles. The predicted octanol–water partition coefficient (Wildman–Crippen LogP) is 2.09. The summed E-state index contributed by atoms with van der Waals surface area (Å²) >= 11 is 0. The van der Waals surface area contributed by atoms with Crippen LogP contribution < -0.4 is 5.32 Å². The summed E-state index contributed by atoms with van der Waals surface area (Å²) in [5.74, 6) is 0. The number of rotatable bonds is 6. The van der Waals surface area contributed by atoms with Gasteiger partial charge >= 0.3 is 0 Å². The Kier molecular flexibility index (Phi) is 4.72. The van der Waals surface area contributed by atoms with Crippen molar-refractivity contribution < 1.29 is 0 Å². The standard InChI is InChI=1S/C15H25N3/c1-3-15(9-6-11-17-15)13-18(2)12-8-14-7-4-5-10-16-14/h4-5,7,10,17H,3,6,8-9,11-13H2,1-2H3. The van der Waals surface area contributed by atoms with Crippen molar-refractivity contribution in [3.05, 3.63) is 30.1 Å². The normalized spacial score (nSPS) is 23.7. The molecule has 0 spiro atoms. The summed E-state index contributed by atoms with van der Waals surface area (Å²) in [6, 6.07) is 6.15. The van der Waals surface area contributed by atoms with Gasteiger partial charge < -0.3 is 10.2 Å². The van der Waals surface area contributed by atoms with Crippen LogP contribution >= 0.6 is 0 Å². The van der Waals surface area contributed by atoms with Crippen molar-refractivity contribution in [1.82, 2.24) is 15.2 Å². The van der Waals surface area contributed by atoms with E-state index in [-0.39, 0.29) is 0 Å². The third-order valence-corrected chi connectivity index (χ3v) is 4.06. The zero-order valence-corrected chi connectivity index (χ0v) is 11.7. The zero-order chi connectivity index (χ0) is 12.8. The lowest BCUT2D eigenvalue weighted by Gasteiger charge is -2.33. The summed E-state index contributed by atoms with van der Waals surface area (Å²) in [4.78, 5) is 6.82. The van der Waals surface area contributed by atoms with E-state index in [0.29, 0.717) is 5.54 Å². The number of aromatic nitrogens is 1. The Morgan fingerprint density at radius 2 is 2.33 bits per heavy atom.